The lowest BCUT2D eigenvalue weighted by atomic mass is 10.1. The molecule has 1 atom stereocenters. The highest BCUT2D eigenvalue weighted by Crippen LogP contribution is 2.23. The fourth-order valence-corrected chi connectivity index (χ4v) is 1.94. The Kier molecular flexibility index (Phi) is 3.96. The zero-order valence-electron chi connectivity index (χ0n) is 10.4. The minimum atomic E-state index is -0.746. The standard InChI is InChI=1S/C12H17N3O3/c1-2-5-18-11-7-13-6-10(14-11)15-4-3-9(8-15)12(16)17/h6-7,9H,2-5,8H2,1H3,(H,16,17). The third-order valence-corrected chi connectivity index (χ3v) is 2.92. The Bertz CT molecular complexity index is 425. The molecule has 0 saturated carbocycles. The first-order valence-electron chi connectivity index (χ1n) is 6.13. The first-order chi connectivity index (χ1) is 8.70. The summed E-state index contributed by atoms with van der Waals surface area (Å²) in [4.78, 5) is 21.2. The van der Waals surface area contributed by atoms with Crippen LogP contribution in [0.4, 0.5) is 5.82 Å². The lowest BCUT2D eigenvalue weighted by molar-refractivity contribution is -0.140. The average Bonchev–Trinajstić information content (AvgIpc) is 2.86. The van der Waals surface area contributed by atoms with Gasteiger partial charge in [0.15, 0.2) is 5.82 Å². The molecule has 0 radical (unpaired) electrons. The summed E-state index contributed by atoms with van der Waals surface area (Å²) in [5.74, 6) is 0.122. The fraction of sp³-hybridized carbons (Fsp3) is 0.583. The number of carboxylic acid groups (broad SMARTS) is 1. The zero-order chi connectivity index (χ0) is 13.0. The molecule has 1 aromatic heterocycles. The molecule has 1 saturated heterocycles. The van der Waals surface area contributed by atoms with Crippen LogP contribution in [0.25, 0.3) is 0 Å². The summed E-state index contributed by atoms with van der Waals surface area (Å²) in [6.07, 6.45) is 4.78. The summed E-state index contributed by atoms with van der Waals surface area (Å²) < 4.78 is 5.41. The van der Waals surface area contributed by atoms with Crippen molar-refractivity contribution in [3.63, 3.8) is 0 Å². The molecule has 6 nitrogen and oxygen atoms in total. The Hall–Kier alpha value is -1.85. The van der Waals surface area contributed by atoms with Crippen LogP contribution in [0.15, 0.2) is 12.4 Å². The largest absolute Gasteiger partial charge is 0.481 e. The predicted molar refractivity (Wildman–Crippen MR) is 65.8 cm³/mol. The summed E-state index contributed by atoms with van der Waals surface area (Å²) in [5, 5.41) is 8.96. The second-order valence-electron chi connectivity index (χ2n) is 4.33. The van der Waals surface area contributed by atoms with E-state index in [1.165, 1.54) is 0 Å². The summed E-state index contributed by atoms with van der Waals surface area (Å²) in [5.41, 5.74) is 0. The van der Waals surface area contributed by atoms with Gasteiger partial charge >= 0.3 is 5.97 Å². The van der Waals surface area contributed by atoms with Gasteiger partial charge in [-0.25, -0.2) is 0 Å². The number of ether oxygens (including phenoxy) is 1. The van der Waals surface area contributed by atoms with Crippen LogP contribution in [0.3, 0.4) is 0 Å². The molecule has 18 heavy (non-hydrogen) atoms. The van der Waals surface area contributed by atoms with Crippen LogP contribution in [0.1, 0.15) is 19.8 Å². The van der Waals surface area contributed by atoms with Gasteiger partial charge in [0.05, 0.1) is 24.9 Å². The van der Waals surface area contributed by atoms with Crippen LogP contribution in [0.2, 0.25) is 0 Å². The minimum absolute atomic E-state index is 0.313. The molecular weight excluding hydrogens is 234 g/mol. The van der Waals surface area contributed by atoms with E-state index in [1.807, 2.05) is 11.8 Å². The molecule has 1 aliphatic heterocycles. The van der Waals surface area contributed by atoms with E-state index >= 15 is 0 Å². The molecule has 98 valence electrons. The topological polar surface area (TPSA) is 75.5 Å². The quantitative estimate of drug-likeness (QED) is 0.846. The molecule has 1 N–H and O–H groups in total. The third kappa shape index (κ3) is 2.88. The molecule has 1 unspecified atom stereocenters. The number of hydrogen-bond acceptors (Lipinski definition) is 5. The van der Waals surface area contributed by atoms with Gasteiger partial charge in [-0.2, -0.15) is 4.98 Å². The van der Waals surface area contributed by atoms with Gasteiger partial charge < -0.3 is 14.7 Å². The van der Waals surface area contributed by atoms with Crippen molar-refractivity contribution in [2.45, 2.75) is 19.8 Å². The second kappa shape index (κ2) is 5.66. The molecule has 0 bridgehead atoms. The maximum Gasteiger partial charge on any atom is 0.308 e. The summed E-state index contributed by atoms with van der Waals surface area (Å²) >= 11 is 0. The van der Waals surface area contributed by atoms with Gasteiger partial charge in [0.25, 0.3) is 0 Å². The van der Waals surface area contributed by atoms with E-state index in [-0.39, 0.29) is 5.92 Å². The number of hydrogen-bond donors (Lipinski definition) is 1. The van der Waals surface area contributed by atoms with Gasteiger partial charge in [-0.1, -0.05) is 6.92 Å². The molecule has 2 rings (SSSR count). The van der Waals surface area contributed by atoms with Gasteiger partial charge in [0.2, 0.25) is 5.88 Å². The third-order valence-electron chi connectivity index (χ3n) is 2.92. The van der Waals surface area contributed by atoms with E-state index in [9.17, 15) is 4.79 Å². The number of aromatic nitrogens is 2. The van der Waals surface area contributed by atoms with Crippen LogP contribution in [0.5, 0.6) is 5.88 Å². The van der Waals surface area contributed by atoms with Crippen molar-refractivity contribution in [2.24, 2.45) is 5.92 Å². The maximum atomic E-state index is 10.9. The van der Waals surface area contributed by atoms with Gasteiger partial charge in [-0.3, -0.25) is 9.78 Å². The smallest absolute Gasteiger partial charge is 0.308 e. The predicted octanol–water partition coefficient (Wildman–Crippen LogP) is 1.18. The van der Waals surface area contributed by atoms with Crippen molar-refractivity contribution in [1.82, 2.24) is 9.97 Å². The van der Waals surface area contributed by atoms with E-state index in [0.29, 0.717) is 37.8 Å². The van der Waals surface area contributed by atoms with Gasteiger partial charge in [0.1, 0.15) is 0 Å². The molecule has 0 amide bonds. The summed E-state index contributed by atoms with van der Waals surface area (Å²) in [6.45, 7) is 3.81. The highest BCUT2D eigenvalue weighted by atomic mass is 16.5. The van der Waals surface area contributed by atoms with Gasteiger partial charge in [-0.05, 0) is 12.8 Å². The lowest BCUT2D eigenvalue weighted by Crippen LogP contribution is -2.23. The van der Waals surface area contributed by atoms with Crippen molar-refractivity contribution in [1.29, 1.82) is 0 Å². The van der Waals surface area contributed by atoms with Crippen molar-refractivity contribution in [2.75, 3.05) is 24.6 Å². The van der Waals surface area contributed by atoms with Gasteiger partial charge in [0, 0.05) is 13.1 Å². The Balaban J connectivity index is 2.03. The minimum Gasteiger partial charge on any atom is -0.481 e. The number of rotatable bonds is 5. The lowest BCUT2D eigenvalue weighted by Gasteiger charge is -2.16. The molecule has 0 aromatic carbocycles. The van der Waals surface area contributed by atoms with Crippen LogP contribution in [-0.4, -0.2) is 40.7 Å². The van der Waals surface area contributed by atoms with E-state index in [4.69, 9.17) is 9.84 Å². The van der Waals surface area contributed by atoms with Crippen molar-refractivity contribution in [3.8, 4) is 5.88 Å². The molecular formula is C12H17N3O3. The Morgan fingerprint density at radius 3 is 3.11 bits per heavy atom. The molecule has 2 heterocycles. The first kappa shape index (κ1) is 12.6. The SMILES string of the molecule is CCCOc1cncc(N2CCC(C(=O)O)C2)n1. The highest BCUT2D eigenvalue weighted by molar-refractivity contribution is 5.71. The van der Waals surface area contributed by atoms with Crippen LogP contribution in [-0.2, 0) is 4.79 Å². The van der Waals surface area contributed by atoms with E-state index in [1.54, 1.807) is 12.4 Å². The monoisotopic (exact) mass is 251 g/mol. The Labute approximate surface area is 106 Å². The second-order valence-corrected chi connectivity index (χ2v) is 4.33. The molecule has 1 fully saturated rings. The van der Waals surface area contributed by atoms with Crippen LogP contribution >= 0.6 is 0 Å². The van der Waals surface area contributed by atoms with Crippen molar-refractivity contribution < 1.29 is 14.6 Å². The fourth-order valence-electron chi connectivity index (χ4n) is 1.94. The van der Waals surface area contributed by atoms with Crippen molar-refractivity contribution in [3.05, 3.63) is 12.4 Å². The normalized spacial score (nSPS) is 18.9. The molecule has 0 spiro atoms. The number of carboxylic acids is 1. The number of anilines is 1. The van der Waals surface area contributed by atoms with Crippen LogP contribution < -0.4 is 9.64 Å². The first-order valence-corrected chi connectivity index (χ1v) is 6.13. The maximum absolute atomic E-state index is 10.9. The van der Waals surface area contributed by atoms with E-state index in [2.05, 4.69) is 9.97 Å². The average molecular weight is 251 g/mol. The summed E-state index contributed by atoms with van der Waals surface area (Å²) in [7, 11) is 0. The van der Waals surface area contributed by atoms with Gasteiger partial charge in [-0.15, -0.1) is 0 Å². The van der Waals surface area contributed by atoms with E-state index < -0.39 is 5.97 Å². The molecule has 1 aliphatic rings. The highest BCUT2D eigenvalue weighted by Gasteiger charge is 2.28. The molecule has 0 aliphatic carbocycles. The van der Waals surface area contributed by atoms with E-state index in [0.717, 1.165) is 6.42 Å². The summed E-state index contributed by atoms with van der Waals surface area (Å²) in [6, 6.07) is 0. The number of aliphatic carboxylic acids is 1. The van der Waals surface area contributed by atoms with Crippen molar-refractivity contribution >= 4 is 11.8 Å². The zero-order valence-corrected chi connectivity index (χ0v) is 10.4. The number of nitrogens with zero attached hydrogens (tertiary/aromatic N) is 3. The number of carbonyl (C=O) groups is 1. The molecule has 6 heteroatoms. The Morgan fingerprint density at radius 2 is 2.44 bits per heavy atom. The Morgan fingerprint density at radius 1 is 1.61 bits per heavy atom. The molecule has 1 aromatic rings. The van der Waals surface area contributed by atoms with Crippen LogP contribution in [0, 0.1) is 5.92 Å².